The Balaban J connectivity index is 1.54. The molecule has 0 saturated carbocycles. The summed E-state index contributed by atoms with van der Waals surface area (Å²) >= 11 is 1.66. The first-order valence-electron chi connectivity index (χ1n) is 9.89. The first-order valence-corrected chi connectivity index (χ1v) is 10.7. The lowest BCUT2D eigenvalue weighted by atomic mass is 10.1. The van der Waals surface area contributed by atoms with Gasteiger partial charge in [0.15, 0.2) is 5.82 Å². The zero-order valence-corrected chi connectivity index (χ0v) is 17.3. The summed E-state index contributed by atoms with van der Waals surface area (Å²) in [5.41, 5.74) is 2.34. The zero-order valence-electron chi connectivity index (χ0n) is 16.5. The van der Waals surface area contributed by atoms with Crippen LogP contribution < -0.4 is 0 Å². The number of carbonyl (C=O) groups excluding carboxylic acids is 1. The molecule has 7 nitrogen and oxygen atoms in total. The van der Waals surface area contributed by atoms with Crippen LogP contribution in [-0.2, 0) is 4.79 Å². The van der Waals surface area contributed by atoms with Crippen LogP contribution in [-0.4, -0.2) is 42.5 Å². The molecular formula is C22H20N6OS. The van der Waals surface area contributed by atoms with Gasteiger partial charge in [-0.3, -0.25) is 4.79 Å². The average Bonchev–Trinajstić information content (AvgIpc) is 3.51. The first-order chi connectivity index (χ1) is 14.7. The predicted molar refractivity (Wildman–Crippen MR) is 116 cm³/mol. The zero-order chi connectivity index (χ0) is 20.5. The van der Waals surface area contributed by atoms with Crippen molar-refractivity contribution in [2.24, 2.45) is 0 Å². The molecule has 0 unspecified atom stereocenters. The molecule has 30 heavy (non-hydrogen) atoms. The minimum Gasteiger partial charge on any atom is -0.328 e. The van der Waals surface area contributed by atoms with Crippen molar-refractivity contribution in [2.75, 3.05) is 6.54 Å². The molecule has 1 aliphatic heterocycles. The Kier molecular flexibility index (Phi) is 4.84. The van der Waals surface area contributed by atoms with E-state index < -0.39 is 0 Å². The summed E-state index contributed by atoms with van der Waals surface area (Å²) in [6.45, 7) is 2.48. The lowest BCUT2D eigenvalue weighted by Crippen LogP contribution is -2.33. The maximum atomic E-state index is 13.7. The number of tetrazole rings is 1. The molecule has 0 spiro atoms. The lowest BCUT2D eigenvalue weighted by molar-refractivity contribution is -0.126. The summed E-state index contributed by atoms with van der Waals surface area (Å²) in [4.78, 5) is 20.4. The summed E-state index contributed by atoms with van der Waals surface area (Å²) in [6.07, 6.45) is 3.69. The van der Waals surface area contributed by atoms with E-state index in [1.165, 1.54) is 4.68 Å². The summed E-state index contributed by atoms with van der Waals surface area (Å²) in [5.74, 6) is 0.484. The number of aromatic nitrogens is 5. The van der Waals surface area contributed by atoms with Crippen molar-refractivity contribution in [3.63, 3.8) is 0 Å². The van der Waals surface area contributed by atoms with Crippen molar-refractivity contribution in [2.45, 2.75) is 25.8 Å². The second-order valence-corrected chi connectivity index (χ2v) is 8.32. The van der Waals surface area contributed by atoms with E-state index in [-0.39, 0.29) is 11.9 Å². The van der Waals surface area contributed by atoms with Gasteiger partial charge < -0.3 is 4.90 Å². The lowest BCUT2D eigenvalue weighted by Gasteiger charge is -2.24. The largest absolute Gasteiger partial charge is 0.328 e. The van der Waals surface area contributed by atoms with Gasteiger partial charge in [-0.15, -0.1) is 16.4 Å². The summed E-state index contributed by atoms with van der Waals surface area (Å²) in [6, 6.07) is 17.8. The van der Waals surface area contributed by atoms with Crippen molar-refractivity contribution in [3.8, 4) is 0 Å². The van der Waals surface area contributed by atoms with E-state index >= 15 is 0 Å². The number of likely N-dealkylation sites (tertiary alicyclic amines) is 1. The van der Waals surface area contributed by atoms with Crippen LogP contribution in [0.15, 0.2) is 54.6 Å². The van der Waals surface area contributed by atoms with Gasteiger partial charge in [-0.25, -0.2) is 4.98 Å². The van der Waals surface area contributed by atoms with Gasteiger partial charge in [-0.1, -0.05) is 42.5 Å². The molecule has 1 saturated heterocycles. The standard InChI is InChI=1S/C22H20N6OS/c1-15-24-25-26-28(15)19(14-16-8-3-2-4-9-16)22(29)27-13-7-11-18(27)21-23-17-10-5-6-12-20(17)30-21/h2-6,8-10,12,14,18H,7,11,13H2,1H3/b19-14-/t18-/m0/s1. The number of hydrogen-bond donors (Lipinski definition) is 0. The van der Waals surface area contributed by atoms with Gasteiger partial charge in [0.2, 0.25) is 0 Å². The van der Waals surface area contributed by atoms with Crippen LogP contribution in [0.5, 0.6) is 0 Å². The molecule has 3 heterocycles. The second-order valence-electron chi connectivity index (χ2n) is 7.25. The third-order valence-corrected chi connectivity index (χ3v) is 6.42. The average molecular weight is 417 g/mol. The number of fused-ring (bicyclic) bond motifs is 1. The molecule has 8 heteroatoms. The Labute approximate surface area is 177 Å². The highest BCUT2D eigenvalue weighted by molar-refractivity contribution is 7.18. The fourth-order valence-electron chi connectivity index (χ4n) is 3.82. The number of hydrogen-bond acceptors (Lipinski definition) is 6. The monoisotopic (exact) mass is 416 g/mol. The number of para-hydroxylation sites is 1. The highest BCUT2D eigenvalue weighted by atomic mass is 32.1. The third-order valence-electron chi connectivity index (χ3n) is 5.28. The number of carbonyl (C=O) groups is 1. The van der Waals surface area contributed by atoms with Crippen LogP contribution in [0.4, 0.5) is 0 Å². The Hall–Kier alpha value is -3.39. The van der Waals surface area contributed by atoms with Crippen LogP contribution in [0.2, 0.25) is 0 Å². The number of nitrogens with zero attached hydrogens (tertiary/aromatic N) is 6. The van der Waals surface area contributed by atoms with Gasteiger partial charge >= 0.3 is 0 Å². The molecule has 4 aromatic rings. The van der Waals surface area contributed by atoms with Crippen LogP contribution in [0.1, 0.15) is 35.3 Å². The summed E-state index contributed by atoms with van der Waals surface area (Å²) in [7, 11) is 0. The van der Waals surface area contributed by atoms with E-state index in [9.17, 15) is 4.79 Å². The van der Waals surface area contributed by atoms with E-state index in [4.69, 9.17) is 4.98 Å². The molecular weight excluding hydrogens is 396 g/mol. The molecule has 0 aliphatic carbocycles. The molecule has 1 amide bonds. The quantitative estimate of drug-likeness (QED) is 0.471. The highest BCUT2D eigenvalue weighted by Crippen LogP contribution is 2.37. The minimum absolute atomic E-state index is 0.0362. The predicted octanol–water partition coefficient (Wildman–Crippen LogP) is 3.95. The maximum Gasteiger partial charge on any atom is 0.273 e. The molecule has 0 radical (unpaired) electrons. The van der Waals surface area contributed by atoms with Crippen LogP contribution in [0, 0.1) is 6.92 Å². The topological polar surface area (TPSA) is 76.8 Å². The van der Waals surface area contributed by atoms with Crippen LogP contribution >= 0.6 is 11.3 Å². The van der Waals surface area contributed by atoms with E-state index in [1.54, 1.807) is 18.3 Å². The molecule has 0 N–H and O–H groups in total. The SMILES string of the molecule is Cc1nnnn1/C(=C\c1ccccc1)C(=O)N1CCC[C@H]1c1nc2ccccc2s1. The van der Waals surface area contributed by atoms with Crippen molar-refractivity contribution in [1.82, 2.24) is 30.1 Å². The molecule has 1 fully saturated rings. The normalized spacial score (nSPS) is 17.0. The number of aryl methyl sites for hydroxylation is 1. The smallest absolute Gasteiger partial charge is 0.273 e. The Morgan fingerprint density at radius 1 is 1.13 bits per heavy atom. The van der Waals surface area contributed by atoms with E-state index in [0.717, 1.165) is 33.6 Å². The van der Waals surface area contributed by atoms with Crippen LogP contribution in [0.3, 0.4) is 0 Å². The molecule has 2 aromatic heterocycles. The minimum atomic E-state index is -0.0870. The second kappa shape index (κ2) is 7.79. The Morgan fingerprint density at radius 3 is 2.70 bits per heavy atom. The molecule has 1 atom stereocenters. The van der Waals surface area contributed by atoms with Gasteiger partial charge in [0.1, 0.15) is 10.7 Å². The summed E-state index contributed by atoms with van der Waals surface area (Å²) < 4.78 is 2.66. The van der Waals surface area contributed by atoms with Crippen molar-refractivity contribution < 1.29 is 4.79 Å². The van der Waals surface area contributed by atoms with Gasteiger partial charge in [0.05, 0.1) is 16.3 Å². The fourth-order valence-corrected chi connectivity index (χ4v) is 4.94. The van der Waals surface area contributed by atoms with Gasteiger partial charge in [0.25, 0.3) is 5.91 Å². The number of rotatable bonds is 4. The number of thiazole rings is 1. The Bertz CT molecular complexity index is 1200. The van der Waals surface area contributed by atoms with Crippen molar-refractivity contribution >= 4 is 39.2 Å². The number of benzene rings is 2. The molecule has 0 bridgehead atoms. The molecule has 2 aromatic carbocycles. The highest BCUT2D eigenvalue weighted by Gasteiger charge is 2.35. The number of amides is 1. The maximum absolute atomic E-state index is 13.7. The third kappa shape index (κ3) is 3.39. The van der Waals surface area contributed by atoms with E-state index in [1.807, 2.05) is 59.5 Å². The molecule has 5 rings (SSSR count). The van der Waals surface area contributed by atoms with Crippen LogP contribution in [0.25, 0.3) is 22.0 Å². The van der Waals surface area contributed by atoms with Gasteiger partial charge in [-0.2, -0.15) is 4.68 Å². The molecule has 150 valence electrons. The van der Waals surface area contributed by atoms with Gasteiger partial charge in [0, 0.05) is 6.54 Å². The van der Waals surface area contributed by atoms with E-state index in [0.29, 0.717) is 18.1 Å². The van der Waals surface area contributed by atoms with Crippen molar-refractivity contribution in [3.05, 3.63) is 71.0 Å². The Morgan fingerprint density at radius 2 is 1.93 bits per heavy atom. The van der Waals surface area contributed by atoms with E-state index in [2.05, 4.69) is 21.6 Å². The van der Waals surface area contributed by atoms with Crippen molar-refractivity contribution in [1.29, 1.82) is 0 Å². The fraction of sp³-hybridized carbons (Fsp3) is 0.227. The first kappa shape index (κ1) is 18.6. The summed E-state index contributed by atoms with van der Waals surface area (Å²) in [5, 5.41) is 12.8. The molecule has 1 aliphatic rings. The van der Waals surface area contributed by atoms with Gasteiger partial charge in [-0.05, 0) is 54.0 Å².